The Bertz CT molecular complexity index is 509. The molecule has 21 heavy (non-hydrogen) atoms. The van der Waals surface area contributed by atoms with Crippen LogP contribution in [0.2, 0.25) is 0 Å². The van der Waals surface area contributed by atoms with E-state index in [1.165, 1.54) is 6.07 Å². The standard InChI is InChI=1S/C12H15F3N2O3S/c1-7-8(16)5-9(21-7)11(19)17(6-12(13,14)15)4-3-10(18)20-2/h5H,3-4,6,16H2,1-2H3. The van der Waals surface area contributed by atoms with E-state index in [1.54, 1.807) is 6.92 Å². The second kappa shape index (κ2) is 6.79. The molecule has 0 aromatic carbocycles. The number of nitrogens with zero attached hydrogens (tertiary/aromatic N) is 1. The van der Waals surface area contributed by atoms with E-state index in [1.807, 2.05) is 0 Å². The number of carbonyl (C=O) groups excluding carboxylic acids is 2. The molecule has 5 nitrogen and oxygen atoms in total. The van der Waals surface area contributed by atoms with Crippen LogP contribution in [0.25, 0.3) is 0 Å². The van der Waals surface area contributed by atoms with Gasteiger partial charge in [-0.15, -0.1) is 11.3 Å². The Labute approximate surface area is 123 Å². The quantitative estimate of drug-likeness (QED) is 0.843. The van der Waals surface area contributed by atoms with Crippen molar-refractivity contribution < 1.29 is 27.5 Å². The number of esters is 1. The Hall–Kier alpha value is -1.77. The lowest BCUT2D eigenvalue weighted by Gasteiger charge is -2.22. The molecule has 0 bridgehead atoms. The largest absolute Gasteiger partial charge is 0.469 e. The Morgan fingerprint density at radius 2 is 2.05 bits per heavy atom. The topological polar surface area (TPSA) is 72.6 Å². The van der Waals surface area contributed by atoms with E-state index < -0.39 is 24.6 Å². The van der Waals surface area contributed by atoms with Gasteiger partial charge in [-0.2, -0.15) is 13.2 Å². The zero-order valence-electron chi connectivity index (χ0n) is 11.5. The van der Waals surface area contributed by atoms with Crippen molar-refractivity contribution in [1.29, 1.82) is 0 Å². The number of nitrogen functional groups attached to an aromatic ring is 1. The number of rotatable bonds is 5. The summed E-state index contributed by atoms with van der Waals surface area (Å²) in [5, 5.41) is 0. The van der Waals surface area contributed by atoms with Crippen LogP contribution in [0.5, 0.6) is 0 Å². The minimum absolute atomic E-state index is 0.110. The van der Waals surface area contributed by atoms with E-state index in [4.69, 9.17) is 5.73 Å². The van der Waals surface area contributed by atoms with Crippen LogP contribution in [0.3, 0.4) is 0 Å². The van der Waals surface area contributed by atoms with Crippen molar-refractivity contribution in [1.82, 2.24) is 4.90 Å². The number of alkyl halides is 3. The number of amides is 1. The summed E-state index contributed by atoms with van der Waals surface area (Å²) in [7, 11) is 1.13. The van der Waals surface area contributed by atoms with E-state index in [2.05, 4.69) is 4.74 Å². The van der Waals surface area contributed by atoms with Gasteiger partial charge in [-0.1, -0.05) is 0 Å². The summed E-state index contributed by atoms with van der Waals surface area (Å²) in [6, 6.07) is 1.34. The van der Waals surface area contributed by atoms with Crippen LogP contribution in [0.1, 0.15) is 21.0 Å². The fourth-order valence-electron chi connectivity index (χ4n) is 1.55. The Kier molecular flexibility index (Phi) is 5.59. The molecule has 0 saturated carbocycles. The number of anilines is 1. The number of aryl methyl sites for hydroxylation is 1. The van der Waals surface area contributed by atoms with Gasteiger partial charge in [0.2, 0.25) is 0 Å². The Balaban J connectivity index is 2.88. The van der Waals surface area contributed by atoms with Crippen molar-refractivity contribution in [2.45, 2.75) is 19.5 Å². The van der Waals surface area contributed by atoms with Crippen LogP contribution in [0, 0.1) is 6.92 Å². The fraction of sp³-hybridized carbons (Fsp3) is 0.500. The van der Waals surface area contributed by atoms with E-state index >= 15 is 0 Å². The molecule has 0 aliphatic carbocycles. The zero-order chi connectivity index (χ0) is 16.2. The third kappa shape index (κ3) is 5.25. The first kappa shape index (κ1) is 17.3. The van der Waals surface area contributed by atoms with Gasteiger partial charge in [-0.05, 0) is 13.0 Å². The summed E-state index contributed by atoms with van der Waals surface area (Å²) in [4.78, 5) is 24.5. The van der Waals surface area contributed by atoms with Crippen molar-refractivity contribution in [2.24, 2.45) is 0 Å². The summed E-state index contributed by atoms with van der Waals surface area (Å²) in [5.41, 5.74) is 5.94. The van der Waals surface area contributed by atoms with Gasteiger partial charge in [0, 0.05) is 17.1 Å². The molecule has 0 atom stereocenters. The zero-order valence-corrected chi connectivity index (χ0v) is 12.3. The first-order valence-electron chi connectivity index (χ1n) is 5.93. The molecule has 0 radical (unpaired) electrons. The Morgan fingerprint density at radius 3 is 2.48 bits per heavy atom. The smallest absolute Gasteiger partial charge is 0.406 e. The molecule has 0 saturated heterocycles. The van der Waals surface area contributed by atoms with E-state index in [-0.39, 0.29) is 17.8 Å². The minimum Gasteiger partial charge on any atom is -0.469 e. The van der Waals surface area contributed by atoms with E-state index in [0.29, 0.717) is 15.5 Å². The summed E-state index contributed by atoms with van der Waals surface area (Å²) < 4.78 is 42.0. The second-order valence-corrected chi connectivity index (χ2v) is 5.55. The van der Waals surface area contributed by atoms with Crippen LogP contribution in [-0.4, -0.2) is 43.2 Å². The first-order chi connectivity index (χ1) is 9.64. The third-order valence-corrected chi connectivity index (χ3v) is 3.69. The lowest BCUT2D eigenvalue weighted by atomic mass is 10.3. The van der Waals surface area contributed by atoms with Crippen LogP contribution in [0.4, 0.5) is 18.9 Å². The van der Waals surface area contributed by atoms with Gasteiger partial charge in [0.25, 0.3) is 5.91 Å². The monoisotopic (exact) mass is 324 g/mol. The maximum atomic E-state index is 12.5. The average Bonchev–Trinajstić information content (AvgIpc) is 2.72. The van der Waals surface area contributed by atoms with Gasteiger partial charge in [-0.25, -0.2) is 0 Å². The highest BCUT2D eigenvalue weighted by atomic mass is 32.1. The molecule has 9 heteroatoms. The molecule has 0 unspecified atom stereocenters. The molecule has 118 valence electrons. The van der Waals surface area contributed by atoms with Gasteiger partial charge >= 0.3 is 12.1 Å². The molecule has 1 heterocycles. The predicted octanol–water partition coefficient (Wildman–Crippen LogP) is 2.21. The maximum Gasteiger partial charge on any atom is 0.406 e. The van der Waals surface area contributed by atoms with E-state index in [9.17, 15) is 22.8 Å². The SMILES string of the molecule is COC(=O)CCN(CC(F)(F)F)C(=O)c1cc(N)c(C)s1. The van der Waals surface area contributed by atoms with Crippen molar-refractivity contribution in [3.63, 3.8) is 0 Å². The number of nitrogens with two attached hydrogens (primary N) is 1. The number of carbonyl (C=O) groups is 2. The lowest BCUT2D eigenvalue weighted by Crippen LogP contribution is -2.40. The van der Waals surface area contributed by atoms with E-state index in [0.717, 1.165) is 18.4 Å². The second-order valence-electron chi connectivity index (χ2n) is 4.29. The molecule has 1 aromatic rings. The lowest BCUT2D eigenvalue weighted by molar-refractivity contribution is -0.146. The average molecular weight is 324 g/mol. The molecule has 0 aliphatic heterocycles. The van der Waals surface area contributed by atoms with Gasteiger partial charge in [-0.3, -0.25) is 9.59 Å². The molecule has 0 spiro atoms. The number of hydrogen-bond donors (Lipinski definition) is 1. The van der Waals surface area contributed by atoms with Gasteiger partial charge in [0.1, 0.15) is 6.54 Å². The van der Waals surface area contributed by atoms with Crippen LogP contribution >= 0.6 is 11.3 Å². The molecule has 1 amide bonds. The van der Waals surface area contributed by atoms with Crippen LogP contribution in [-0.2, 0) is 9.53 Å². The van der Waals surface area contributed by atoms with Crippen molar-refractivity contribution in [2.75, 3.05) is 25.9 Å². The minimum atomic E-state index is -4.55. The van der Waals surface area contributed by atoms with Crippen molar-refractivity contribution in [3.8, 4) is 0 Å². The predicted molar refractivity (Wildman–Crippen MR) is 72.1 cm³/mol. The fourth-order valence-corrected chi connectivity index (χ4v) is 2.46. The number of methoxy groups -OCH3 is 1. The van der Waals surface area contributed by atoms with Crippen molar-refractivity contribution >= 4 is 28.9 Å². The highest BCUT2D eigenvalue weighted by Crippen LogP contribution is 2.26. The highest BCUT2D eigenvalue weighted by Gasteiger charge is 2.34. The molecular formula is C12H15F3N2O3S. The van der Waals surface area contributed by atoms with Crippen LogP contribution in [0.15, 0.2) is 6.07 Å². The third-order valence-electron chi connectivity index (χ3n) is 2.64. The summed E-state index contributed by atoms with van der Waals surface area (Å²) in [6.45, 7) is -0.138. The Morgan fingerprint density at radius 1 is 1.43 bits per heavy atom. The molecule has 2 N–H and O–H groups in total. The molecule has 0 fully saturated rings. The summed E-state index contributed by atoms with van der Waals surface area (Å²) >= 11 is 1.02. The molecule has 1 rings (SSSR count). The maximum absolute atomic E-state index is 12.5. The number of ether oxygens (including phenoxy) is 1. The number of thiophene rings is 1. The molecular weight excluding hydrogens is 309 g/mol. The summed E-state index contributed by atoms with van der Waals surface area (Å²) in [6.07, 6.45) is -4.86. The number of halogens is 3. The summed E-state index contributed by atoms with van der Waals surface area (Å²) in [5.74, 6) is -1.49. The van der Waals surface area contributed by atoms with Gasteiger partial charge < -0.3 is 15.4 Å². The molecule has 0 aliphatic rings. The molecule has 1 aromatic heterocycles. The number of hydrogen-bond acceptors (Lipinski definition) is 5. The van der Waals surface area contributed by atoms with Gasteiger partial charge in [0.05, 0.1) is 18.4 Å². The first-order valence-corrected chi connectivity index (χ1v) is 6.74. The van der Waals surface area contributed by atoms with Gasteiger partial charge in [0.15, 0.2) is 0 Å². The van der Waals surface area contributed by atoms with Crippen LogP contribution < -0.4 is 5.73 Å². The van der Waals surface area contributed by atoms with Crippen molar-refractivity contribution in [3.05, 3.63) is 15.8 Å². The normalized spacial score (nSPS) is 11.3. The highest BCUT2D eigenvalue weighted by molar-refractivity contribution is 7.14.